The minimum absolute atomic E-state index is 0.0234. The molecule has 2 bridgehead atoms. The van der Waals surface area contributed by atoms with Gasteiger partial charge < -0.3 is 0 Å². The van der Waals surface area contributed by atoms with Gasteiger partial charge in [-0.3, -0.25) is 14.5 Å². The Morgan fingerprint density at radius 3 is 2.67 bits per heavy atom. The van der Waals surface area contributed by atoms with Crippen molar-refractivity contribution in [2.45, 2.75) is 50.7 Å². The van der Waals surface area contributed by atoms with E-state index in [2.05, 4.69) is 17.1 Å². The smallest absolute Gasteiger partial charge is 0.251 e. The maximum atomic E-state index is 12.6. The molecule has 0 spiro atoms. The minimum Gasteiger partial charge on any atom is -0.274 e. The predicted octanol–water partition coefficient (Wildman–Crippen LogP) is 3.15. The summed E-state index contributed by atoms with van der Waals surface area (Å²) in [5.41, 5.74) is 1.04. The lowest BCUT2D eigenvalue weighted by Gasteiger charge is -2.50. The van der Waals surface area contributed by atoms with Crippen LogP contribution in [0.2, 0.25) is 0 Å². The van der Waals surface area contributed by atoms with Crippen molar-refractivity contribution < 1.29 is 9.63 Å². The Labute approximate surface area is 144 Å². The SMILES string of the molecule is O=C(Cc1ccccc1)N1CN2CC=CC(O1)C2C1CCCCC1. The second kappa shape index (κ2) is 7.08. The van der Waals surface area contributed by atoms with Crippen LogP contribution >= 0.6 is 0 Å². The molecule has 0 aromatic heterocycles. The first-order chi connectivity index (χ1) is 11.8. The fourth-order valence-corrected chi connectivity index (χ4v) is 4.41. The highest BCUT2D eigenvalue weighted by Gasteiger charge is 2.42. The third kappa shape index (κ3) is 3.26. The van der Waals surface area contributed by atoms with Gasteiger partial charge in [0, 0.05) is 12.6 Å². The van der Waals surface area contributed by atoms with Crippen LogP contribution in [0.5, 0.6) is 0 Å². The Morgan fingerprint density at radius 1 is 1.12 bits per heavy atom. The molecule has 0 radical (unpaired) electrons. The molecular weight excluding hydrogens is 300 g/mol. The zero-order valence-electron chi connectivity index (χ0n) is 14.1. The molecule has 1 amide bonds. The topological polar surface area (TPSA) is 32.8 Å². The van der Waals surface area contributed by atoms with Crippen LogP contribution in [0.4, 0.5) is 0 Å². The van der Waals surface area contributed by atoms with E-state index in [4.69, 9.17) is 4.84 Å². The van der Waals surface area contributed by atoms with Crippen LogP contribution in [0, 0.1) is 5.92 Å². The highest BCUT2D eigenvalue weighted by Crippen LogP contribution is 2.35. The van der Waals surface area contributed by atoms with Gasteiger partial charge in [0.2, 0.25) is 0 Å². The second-order valence-electron chi connectivity index (χ2n) is 7.23. The summed E-state index contributed by atoms with van der Waals surface area (Å²) in [5, 5.41) is 1.58. The van der Waals surface area contributed by atoms with Crippen molar-refractivity contribution in [1.82, 2.24) is 9.96 Å². The van der Waals surface area contributed by atoms with Gasteiger partial charge in [-0.25, -0.2) is 5.06 Å². The first-order valence-electron chi connectivity index (χ1n) is 9.23. The monoisotopic (exact) mass is 326 g/mol. The molecule has 3 aliphatic rings. The van der Waals surface area contributed by atoms with Crippen molar-refractivity contribution in [3.63, 3.8) is 0 Å². The lowest BCUT2D eigenvalue weighted by molar-refractivity contribution is -0.259. The largest absolute Gasteiger partial charge is 0.274 e. The Hall–Kier alpha value is -1.65. The molecule has 3 unspecified atom stereocenters. The summed E-state index contributed by atoms with van der Waals surface area (Å²) in [6.45, 7) is 1.52. The van der Waals surface area contributed by atoms with Crippen molar-refractivity contribution in [3.8, 4) is 0 Å². The average Bonchev–Trinajstić information content (AvgIpc) is 2.62. The summed E-state index contributed by atoms with van der Waals surface area (Å²) >= 11 is 0. The summed E-state index contributed by atoms with van der Waals surface area (Å²) in [5.74, 6) is 0.758. The molecule has 1 aromatic rings. The Balaban J connectivity index is 1.44. The molecule has 24 heavy (non-hydrogen) atoms. The fourth-order valence-electron chi connectivity index (χ4n) is 4.41. The third-order valence-electron chi connectivity index (χ3n) is 5.59. The van der Waals surface area contributed by atoms with Crippen LogP contribution in [0.25, 0.3) is 0 Å². The van der Waals surface area contributed by atoms with Gasteiger partial charge in [-0.2, -0.15) is 0 Å². The number of hydrogen-bond acceptors (Lipinski definition) is 3. The Morgan fingerprint density at radius 2 is 1.92 bits per heavy atom. The van der Waals surface area contributed by atoms with E-state index in [1.807, 2.05) is 30.3 Å². The van der Waals surface area contributed by atoms with E-state index in [0.717, 1.165) is 12.1 Å². The number of fused-ring (bicyclic) bond motifs is 2. The average molecular weight is 326 g/mol. The van der Waals surface area contributed by atoms with Crippen molar-refractivity contribution >= 4 is 5.91 Å². The zero-order valence-corrected chi connectivity index (χ0v) is 14.1. The molecule has 3 atom stereocenters. The van der Waals surface area contributed by atoms with Gasteiger partial charge in [-0.05, 0) is 24.3 Å². The maximum Gasteiger partial charge on any atom is 0.251 e. The first kappa shape index (κ1) is 15.9. The molecule has 128 valence electrons. The number of carbonyl (C=O) groups is 1. The van der Waals surface area contributed by atoms with E-state index in [0.29, 0.717) is 25.0 Å². The number of hydroxylamine groups is 2. The van der Waals surface area contributed by atoms with Crippen molar-refractivity contribution in [2.24, 2.45) is 5.92 Å². The molecule has 2 fully saturated rings. The lowest BCUT2D eigenvalue weighted by atomic mass is 9.80. The highest BCUT2D eigenvalue weighted by molar-refractivity contribution is 5.77. The number of carbonyl (C=O) groups excluding carboxylic acids is 1. The van der Waals surface area contributed by atoms with Gasteiger partial charge in [0.15, 0.2) is 0 Å². The van der Waals surface area contributed by atoms with Crippen LogP contribution in [0.15, 0.2) is 42.5 Å². The van der Waals surface area contributed by atoms with Gasteiger partial charge in [-0.15, -0.1) is 0 Å². The highest BCUT2D eigenvalue weighted by atomic mass is 16.7. The molecule has 4 rings (SSSR count). The molecule has 4 heteroatoms. The Kier molecular flexibility index (Phi) is 4.67. The number of nitrogens with zero attached hydrogens (tertiary/aromatic N) is 2. The van der Waals surface area contributed by atoms with E-state index < -0.39 is 0 Å². The summed E-state index contributed by atoms with van der Waals surface area (Å²) in [4.78, 5) is 21.2. The van der Waals surface area contributed by atoms with Crippen LogP contribution in [0.1, 0.15) is 37.7 Å². The summed E-state index contributed by atoms with van der Waals surface area (Å²) < 4.78 is 0. The van der Waals surface area contributed by atoms with Crippen LogP contribution in [-0.4, -0.2) is 41.2 Å². The van der Waals surface area contributed by atoms with Crippen molar-refractivity contribution in [2.75, 3.05) is 13.2 Å². The van der Waals surface area contributed by atoms with Crippen LogP contribution in [0.3, 0.4) is 0 Å². The number of rotatable bonds is 3. The summed E-state index contributed by atoms with van der Waals surface area (Å²) in [6.07, 6.45) is 11.4. The van der Waals surface area contributed by atoms with Gasteiger partial charge in [-0.1, -0.05) is 61.7 Å². The predicted molar refractivity (Wildman–Crippen MR) is 92.9 cm³/mol. The van der Waals surface area contributed by atoms with E-state index >= 15 is 0 Å². The van der Waals surface area contributed by atoms with Gasteiger partial charge in [0.1, 0.15) is 12.8 Å². The molecule has 1 saturated heterocycles. The second-order valence-corrected chi connectivity index (χ2v) is 7.23. The molecular formula is C20H26N2O2. The molecule has 4 nitrogen and oxygen atoms in total. The number of benzene rings is 1. The quantitative estimate of drug-likeness (QED) is 0.800. The van der Waals surface area contributed by atoms with E-state index in [1.165, 1.54) is 32.1 Å². The van der Waals surface area contributed by atoms with E-state index in [-0.39, 0.29) is 12.0 Å². The molecule has 1 saturated carbocycles. The lowest BCUT2D eigenvalue weighted by Crippen LogP contribution is -2.62. The molecule has 0 N–H and O–H groups in total. The molecule has 1 aliphatic carbocycles. The number of amides is 1. The maximum absolute atomic E-state index is 12.6. The first-order valence-corrected chi connectivity index (χ1v) is 9.23. The summed E-state index contributed by atoms with van der Waals surface area (Å²) in [7, 11) is 0. The van der Waals surface area contributed by atoms with Crippen molar-refractivity contribution in [1.29, 1.82) is 0 Å². The molecule has 2 heterocycles. The van der Waals surface area contributed by atoms with Gasteiger partial charge in [0.25, 0.3) is 5.91 Å². The molecule has 1 aromatic carbocycles. The summed E-state index contributed by atoms with van der Waals surface area (Å²) in [6, 6.07) is 10.3. The third-order valence-corrected chi connectivity index (χ3v) is 5.59. The van der Waals surface area contributed by atoms with Gasteiger partial charge in [0.05, 0.1) is 6.42 Å². The normalized spacial score (nSPS) is 30.3. The molecule has 2 aliphatic heterocycles. The van der Waals surface area contributed by atoms with E-state index in [9.17, 15) is 4.79 Å². The van der Waals surface area contributed by atoms with Gasteiger partial charge >= 0.3 is 0 Å². The zero-order chi connectivity index (χ0) is 16.4. The van der Waals surface area contributed by atoms with E-state index in [1.54, 1.807) is 5.06 Å². The van der Waals surface area contributed by atoms with Crippen LogP contribution < -0.4 is 0 Å². The van der Waals surface area contributed by atoms with Crippen molar-refractivity contribution in [3.05, 3.63) is 48.0 Å². The number of hydrogen-bond donors (Lipinski definition) is 0. The fraction of sp³-hybridized carbons (Fsp3) is 0.550. The minimum atomic E-state index is 0.0234. The Bertz CT molecular complexity index is 595. The standard InChI is InChI=1S/C20H26N2O2/c23-19(14-16-8-3-1-4-9-16)22-15-21-13-7-12-18(24-22)20(21)17-10-5-2-6-11-17/h1,3-4,7-9,12,17-18,20H,2,5-6,10-11,13-15H2. The van der Waals surface area contributed by atoms with Crippen LogP contribution in [-0.2, 0) is 16.1 Å².